The Balaban J connectivity index is 1.76. The Kier molecular flexibility index (Phi) is 3.35. The van der Waals surface area contributed by atoms with Crippen LogP contribution in [0.2, 0.25) is 0 Å². The summed E-state index contributed by atoms with van der Waals surface area (Å²) in [4.78, 5) is 7.11. The predicted molar refractivity (Wildman–Crippen MR) is 77.9 cm³/mol. The largest absolute Gasteiger partial charge is 0.308 e. The van der Waals surface area contributed by atoms with E-state index in [2.05, 4.69) is 41.2 Å². The first-order valence-corrected chi connectivity index (χ1v) is 7.50. The molecule has 2 aliphatic rings. The molecule has 19 heavy (non-hydrogen) atoms. The summed E-state index contributed by atoms with van der Waals surface area (Å²) in [6.45, 7) is 7.89. The highest BCUT2D eigenvalue weighted by Gasteiger charge is 2.44. The van der Waals surface area contributed by atoms with E-state index in [1.165, 1.54) is 31.4 Å². The first kappa shape index (κ1) is 13.1. The minimum atomic E-state index is 0.214. The number of piperazine rings is 1. The molecular weight excluding hydrogens is 234 g/mol. The van der Waals surface area contributed by atoms with Gasteiger partial charge in [-0.15, -0.1) is 0 Å². The lowest BCUT2D eigenvalue weighted by Crippen LogP contribution is -2.66. The van der Waals surface area contributed by atoms with Crippen molar-refractivity contribution in [1.29, 1.82) is 0 Å². The molecule has 0 atom stereocenters. The summed E-state index contributed by atoms with van der Waals surface area (Å²) in [6, 6.07) is 6.22. The quantitative estimate of drug-likeness (QED) is 0.885. The van der Waals surface area contributed by atoms with Crippen molar-refractivity contribution in [3.05, 3.63) is 30.1 Å². The summed E-state index contributed by atoms with van der Waals surface area (Å²) in [6.07, 6.45) is 7.33. The number of hydrogen-bond acceptors (Lipinski definition) is 3. The van der Waals surface area contributed by atoms with Crippen molar-refractivity contribution in [1.82, 2.24) is 15.2 Å². The molecule has 1 aromatic heterocycles. The number of aromatic nitrogens is 1. The second-order valence-electron chi connectivity index (χ2n) is 6.83. The van der Waals surface area contributed by atoms with Gasteiger partial charge < -0.3 is 5.32 Å². The maximum absolute atomic E-state index is 4.49. The first-order valence-electron chi connectivity index (χ1n) is 7.50. The van der Waals surface area contributed by atoms with Crippen LogP contribution in [0.3, 0.4) is 0 Å². The summed E-state index contributed by atoms with van der Waals surface area (Å²) in [7, 11) is 0. The van der Waals surface area contributed by atoms with E-state index in [-0.39, 0.29) is 5.54 Å². The van der Waals surface area contributed by atoms with Crippen molar-refractivity contribution in [2.45, 2.75) is 57.2 Å². The molecule has 0 bridgehead atoms. The molecule has 1 saturated heterocycles. The van der Waals surface area contributed by atoms with E-state index in [4.69, 9.17) is 0 Å². The molecule has 2 heterocycles. The van der Waals surface area contributed by atoms with Crippen LogP contribution in [0.5, 0.6) is 0 Å². The van der Waals surface area contributed by atoms with Gasteiger partial charge in [0.15, 0.2) is 0 Å². The number of nitrogens with one attached hydrogen (secondary N) is 1. The molecule has 2 fully saturated rings. The number of hydrogen-bond donors (Lipinski definition) is 1. The van der Waals surface area contributed by atoms with Crippen molar-refractivity contribution in [3.8, 4) is 0 Å². The van der Waals surface area contributed by atoms with Crippen LogP contribution in [0.25, 0.3) is 0 Å². The van der Waals surface area contributed by atoms with Crippen molar-refractivity contribution in [2.75, 3.05) is 13.1 Å². The first-order chi connectivity index (χ1) is 9.10. The molecule has 1 spiro atoms. The Labute approximate surface area is 116 Å². The van der Waals surface area contributed by atoms with Gasteiger partial charge in [-0.1, -0.05) is 18.9 Å². The third-order valence-electron chi connectivity index (χ3n) is 4.89. The average molecular weight is 259 g/mol. The fraction of sp³-hybridized carbons (Fsp3) is 0.688. The molecular formula is C16H25N3. The molecule has 1 N–H and O–H groups in total. The smallest absolute Gasteiger partial charge is 0.0544 e. The van der Waals surface area contributed by atoms with E-state index in [0.717, 1.165) is 19.6 Å². The van der Waals surface area contributed by atoms with Crippen LogP contribution in [0.4, 0.5) is 0 Å². The summed E-state index contributed by atoms with van der Waals surface area (Å²) >= 11 is 0. The molecule has 1 aromatic rings. The minimum absolute atomic E-state index is 0.214. The predicted octanol–water partition coefficient (Wildman–Crippen LogP) is 2.58. The molecule has 3 rings (SSSR count). The van der Waals surface area contributed by atoms with E-state index in [9.17, 15) is 0 Å². The van der Waals surface area contributed by atoms with Gasteiger partial charge in [0.25, 0.3) is 0 Å². The fourth-order valence-corrected chi connectivity index (χ4v) is 3.49. The van der Waals surface area contributed by atoms with Crippen LogP contribution in [0.15, 0.2) is 24.4 Å². The summed E-state index contributed by atoms with van der Waals surface area (Å²) in [5.41, 5.74) is 1.78. The monoisotopic (exact) mass is 259 g/mol. The summed E-state index contributed by atoms with van der Waals surface area (Å²) in [5, 5.41) is 3.84. The van der Waals surface area contributed by atoms with Gasteiger partial charge in [0, 0.05) is 36.9 Å². The lowest BCUT2D eigenvalue weighted by molar-refractivity contribution is 0.0208. The molecule has 1 aliphatic heterocycles. The Hall–Kier alpha value is -0.930. The highest BCUT2D eigenvalue weighted by molar-refractivity contribution is 5.08. The Morgan fingerprint density at radius 3 is 2.74 bits per heavy atom. The molecule has 0 amide bonds. The van der Waals surface area contributed by atoms with Crippen LogP contribution in [0, 0.1) is 0 Å². The molecule has 0 radical (unpaired) electrons. The lowest BCUT2D eigenvalue weighted by Gasteiger charge is -2.51. The Morgan fingerprint density at radius 1 is 1.26 bits per heavy atom. The summed E-state index contributed by atoms with van der Waals surface area (Å²) in [5.74, 6) is 0. The maximum atomic E-state index is 4.49. The number of rotatable bonds is 2. The van der Waals surface area contributed by atoms with E-state index in [0.29, 0.717) is 5.54 Å². The van der Waals surface area contributed by atoms with Gasteiger partial charge in [0.2, 0.25) is 0 Å². The van der Waals surface area contributed by atoms with Crippen LogP contribution in [-0.4, -0.2) is 34.1 Å². The third kappa shape index (κ3) is 2.67. The topological polar surface area (TPSA) is 28.2 Å². The molecule has 3 nitrogen and oxygen atoms in total. The van der Waals surface area contributed by atoms with Gasteiger partial charge in [-0.05, 0) is 38.8 Å². The molecule has 1 saturated carbocycles. The van der Waals surface area contributed by atoms with Gasteiger partial charge >= 0.3 is 0 Å². The van der Waals surface area contributed by atoms with Gasteiger partial charge in [0.05, 0.1) is 5.69 Å². The van der Waals surface area contributed by atoms with Crippen molar-refractivity contribution >= 4 is 0 Å². The Bertz CT molecular complexity index is 421. The average Bonchev–Trinajstić information content (AvgIpc) is 2.85. The molecule has 1 aliphatic carbocycles. The third-order valence-corrected chi connectivity index (χ3v) is 4.89. The van der Waals surface area contributed by atoms with Crippen molar-refractivity contribution < 1.29 is 0 Å². The van der Waals surface area contributed by atoms with E-state index >= 15 is 0 Å². The highest BCUT2D eigenvalue weighted by Crippen LogP contribution is 2.36. The lowest BCUT2D eigenvalue weighted by atomic mass is 9.87. The normalized spacial score (nSPS) is 25.8. The Morgan fingerprint density at radius 2 is 2.05 bits per heavy atom. The highest BCUT2D eigenvalue weighted by atomic mass is 15.3. The minimum Gasteiger partial charge on any atom is -0.308 e. The van der Waals surface area contributed by atoms with Gasteiger partial charge in [-0.25, -0.2) is 0 Å². The second kappa shape index (κ2) is 4.88. The molecule has 0 aromatic carbocycles. The van der Waals surface area contributed by atoms with Crippen molar-refractivity contribution in [2.24, 2.45) is 0 Å². The molecule has 0 unspecified atom stereocenters. The SMILES string of the molecule is CC1(C)CNC2(CCCC2)CN1Cc1ccccn1. The molecule has 3 heteroatoms. The van der Waals surface area contributed by atoms with Crippen LogP contribution in [0.1, 0.15) is 45.2 Å². The summed E-state index contributed by atoms with van der Waals surface area (Å²) < 4.78 is 0. The standard InChI is InChI=1S/C16H25N3/c1-15(2)12-18-16(8-4-5-9-16)13-19(15)11-14-7-3-6-10-17-14/h3,6-7,10,18H,4-5,8-9,11-13H2,1-2H3. The fourth-order valence-electron chi connectivity index (χ4n) is 3.49. The zero-order valence-corrected chi connectivity index (χ0v) is 12.2. The number of nitrogens with zero attached hydrogens (tertiary/aromatic N) is 2. The van der Waals surface area contributed by atoms with E-state index in [1.54, 1.807) is 0 Å². The van der Waals surface area contributed by atoms with E-state index in [1.807, 2.05) is 12.3 Å². The van der Waals surface area contributed by atoms with E-state index < -0.39 is 0 Å². The molecule has 104 valence electrons. The van der Waals surface area contributed by atoms with Crippen molar-refractivity contribution in [3.63, 3.8) is 0 Å². The van der Waals surface area contributed by atoms with Gasteiger partial charge in [0.1, 0.15) is 0 Å². The zero-order valence-electron chi connectivity index (χ0n) is 12.2. The van der Waals surface area contributed by atoms with Gasteiger partial charge in [-0.2, -0.15) is 0 Å². The maximum Gasteiger partial charge on any atom is 0.0544 e. The number of pyridine rings is 1. The zero-order chi connectivity index (χ0) is 13.3. The van der Waals surface area contributed by atoms with Crippen LogP contribution >= 0.6 is 0 Å². The second-order valence-corrected chi connectivity index (χ2v) is 6.83. The van der Waals surface area contributed by atoms with Crippen LogP contribution < -0.4 is 5.32 Å². The van der Waals surface area contributed by atoms with Crippen LogP contribution in [-0.2, 0) is 6.54 Å². The van der Waals surface area contributed by atoms with Gasteiger partial charge in [-0.3, -0.25) is 9.88 Å².